The quantitative estimate of drug-likeness (QED) is 0.814. The number of aromatic nitrogens is 2. The second kappa shape index (κ2) is 4.79. The predicted molar refractivity (Wildman–Crippen MR) is 61.6 cm³/mol. The Bertz CT molecular complexity index is 632. The number of rotatable bonds is 2. The van der Waals surface area contributed by atoms with E-state index >= 15 is 0 Å². The van der Waals surface area contributed by atoms with E-state index in [-0.39, 0.29) is 11.1 Å². The zero-order valence-corrected chi connectivity index (χ0v) is 9.44. The molecule has 0 saturated heterocycles. The largest absolute Gasteiger partial charge is 0.465 e. The Hall–Kier alpha value is -2.50. The van der Waals surface area contributed by atoms with Gasteiger partial charge in [-0.25, -0.2) is 19.0 Å². The molecule has 2 rings (SSSR count). The van der Waals surface area contributed by atoms with E-state index in [0.29, 0.717) is 5.56 Å². The van der Waals surface area contributed by atoms with Crippen molar-refractivity contribution in [3.63, 3.8) is 0 Å². The molecular weight excluding hydrogens is 239 g/mol. The minimum absolute atomic E-state index is 0.121. The average molecular weight is 248 g/mol. The second-order valence-electron chi connectivity index (χ2n) is 3.49. The van der Waals surface area contributed by atoms with Crippen LogP contribution in [0, 0.1) is 5.82 Å². The van der Waals surface area contributed by atoms with Gasteiger partial charge in [0.2, 0.25) is 0 Å². The highest BCUT2D eigenvalue weighted by atomic mass is 19.1. The summed E-state index contributed by atoms with van der Waals surface area (Å²) in [5.41, 5.74) is 0.274. The fraction of sp³-hybridized carbons (Fsp3) is 0.0833. The van der Waals surface area contributed by atoms with Gasteiger partial charge in [0.25, 0.3) is 0 Å². The highest BCUT2D eigenvalue weighted by Gasteiger charge is 2.11. The lowest BCUT2D eigenvalue weighted by molar-refractivity contribution is 0.0600. The number of aromatic amines is 1. The van der Waals surface area contributed by atoms with Gasteiger partial charge in [-0.1, -0.05) is 6.07 Å². The minimum Gasteiger partial charge on any atom is -0.465 e. The minimum atomic E-state index is -0.611. The summed E-state index contributed by atoms with van der Waals surface area (Å²) >= 11 is 0. The highest BCUT2D eigenvalue weighted by molar-refractivity contribution is 5.90. The SMILES string of the molecule is COC(=O)c1ccc(-c2cnc(=O)[nH]c2)c(F)c1. The van der Waals surface area contributed by atoms with Crippen LogP contribution in [0.2, 0.25) is 0 Å². The molecule has 1 aromatic carbocycles. The van der Waals surface area contributed by atoms with E-state index < -0.39 is 17.5 Å². The number of benzene rings is 1. The van der Waals surface area contributed by atoms with Gasteiger partial charge in [-0.3, -0.25) is 0 Å². The monoisotopic (exact) mass is 248 g/mol. The summed E-state index contributed by atoms with van der Waals surface area (Å²) in [4.78, 5) is 27.9. The summed E-state index contributed by atoms with van der Waals surface area (Å²) in [6.07, 6.45) is 2.61. The Morgan fingerprint density at radius 1 is 1.44 bits per heavy atom. The lowest BCUT2D eigenvalue weighted by atomic mass is 10.1. The summed E-state index contributed by atoms with van der Waals surface area (Å²) in [5.74, 6) is -1.20. The molecule has 1 N–H and O–H groups in total. The summed E-state index contributed by atoms with van der Waals surface area (Å²) in [6, 6.07) is 3.94. The lowest BCUT2D eigenvalue weighted by Crippen LogP contribution is -2.08. The molecule has 0 bridgehead atoms. The van der Waals surface area contributed by atoms with Crippen molar-refractivity contribution < 1.29 is 13.9 Å². The third kappa shape index (κ3) is 2.27. The molecule has 0 unspecified atom stereocenters. The first-order valence-electron chi connectivity index (χ1n) is 5.05. The van der Waals surface area contributed by atoms with Crippen LogP contribution in [-0.2, 0) is 4.74 Å². The van der Waals surface area contributed by atoms with E-state index in [4.69, 9.17) is 0 Å². The van der Waals surface area contributed by atoms with E-state index in [1.165, 1.54) is 31.6 Å². The molecule has 0 aliphatic rings. The highest BCUT2D eigenvalue weighted by Crippen LogP contribution is 2.22. The fourth-order valence-corrected chi connectivity index (χ4v) is 1.48. The van der Waals surface area contributed by atoms with E-state index in [2.05, 4.69) is 14.7 Å². The van der Waals surface area contributed by atoms with Gasteiger partial charge in [-0.05, 0) is 12.1 Å². The number of hydrogen-bond acceptors (Lipinski definition) is 4. The number of H-pyrrole nitrogens is 1. The van der Waals surface area contributed by atoms with Crippen LogP contribution in [0.5, 0.6) is 0 Å². The van der Waals surface area contributed by atoms with Crippen LogP contribution in [0.4, 0.5) is 4.39 Å². The maximum absolute atomic E-state index is 13.8. The van der Waals surface area contributed by atoms with E-state index in [1.807, 2.05) is 0 Å². The molecule has 0 amide bonds. The molecule has 6 heteroatoms. The first kappa shape index (κ1) is 12.0. The molecule has 0 fully saturated rings. The van der Waals surface area contributed by atoms with Crippen LogP contribution in [0.1, 0.15) is 10.4 Å². The number of nitrogens with one attached hydrogen (secondary N) is 1. The van der Waals surface area contributed by atoms with Crippen LogP contribution in [-0.4, -0.2) is 23.0 Å². The summed E-state index contributed by atoms with van der Waals surface area (Å²) in [7, 11) is 1.22. The van der Waals surface area contributed by atoms with Crippen molar-refractivity contribution in [3.8, 4) is 11.1 Å². The number of carbonyl (C=O) groups is 1. The number of hydrogen-bond donors (Lipinski definition) is 1. The zero-order valence-electron chi connectivity index (χ0n) is 9.44. The first-order valence-corrected chi connectivity index (χ1v) is 5.05. The number of halogens is 1. The molecular formula is C12H9FN2O3. The molecule has 0 aliphatic heterocycles. The molecule has 0 saturated carbocycles. The topological polar surface area (TPSA) is 72.0 Å². The Kier molecular flexibility index (Phi) is 3.18. The molecule has 2 aromatic rings. The molecule has 0 aliphatic carbocycles. The molecule has 5 nitrogen and oxygen atoms in total. The van der Waals surface area contributed by atoms with Gasteiger partial charge in [0, 0.05) is 23.5 Å². The lowest BCUT2D eigenvalue weighted by Gasteiger charge is -2.04. The van der Waals surface area contributed by atoms with Crippen molar-refractivity contribution >= 4 is 5.97 Å². The Morgan fingerprint density at radius 2 is 2.22 bits per heavy atom. The van der Waals surface area contributed by atoms with Crippen LogP contribution < -0.4 is 5.69 Å². The van der Waals surface area contributed by atoms with Gasteiger partial charge in [0.15, 0.2) is 0 Å². The standard InChI is InChI=1S/C12H9FN2O3/c1-18-11(16)7-2-3-9(10(13)4-7)8-5-14-12(17)15-6-8/h2-6H,1H3,(H,14,15,17). The number of ether oxygens (including phenoxy) is 1. The number of methoxy groups -OCH3 is 1. The van der Waals surface area contributed by atoms with Gasteiger partial charge in [0.1, 0.15) is 5.82 Å². The second-order valence-corrected chi connectivity index (χ2v) is 3.49. The van der Waals surface area contributed by atoms with Crippen molar-refractivity contribution in [2.75, 3.05) is 7.11 Å². The van der Waals surface area contributed by atoms with Crippen LogP contribution in [0.25, 0.3) is 11.1 Å². The number of carbonyl (C=O) groups excluding carboxylic acids is 1. The molecule has 1 aromatic heterocycles. The van der Waals surface area contributed by atoms with E-state index in [1.54, 1.807) is 0 Å². The molecule has 0 atom stereocenters. The van der Waals surface area contributed by atoms with Gasteiger partial charge < -0.3 is 9.72 Å². The Morgan fingerprint density at radius 3 is 2.78 bits per heavy atom. The summed E-state index contributed by atoms with van der Waals surface area (Å²) in [5, 5.41) is 0. The van der Waals surface area contributed by atoms with E-state index in [0.717, 1.165) is 6.07 Å². The van der Waals surface area contributed by atoms with E-state index in [9.17, 15) is 14.0 Å². The van der Waals surface area contributed by atoms with Crippen LogP contribution in [0.15, 0.2) is 35.4 Å². The maximum Gasteiger partial charge on any atom is 0.344 e. The molecule has 92 valence electrons. The molecule has 1 heterocycles. The molecule has 0 radical (unpaired) electrons. The molecule has 18 heavy (non-hydrogen) atoms. The number of nitrogens with zero attached hydrogens (tertiary/aromatic N) is 1. The Labute approximate surface area is 101 Å². The van der Waals surface area contributed by atoms with Crippen molar-refractivity contribution in [2.24, 2.45) is 0 Å². The van der Waals surface area contributed by atoms with Gasteiger partial charge in [0.05, 0.1) is 12.7 Å². The van der Waals surface area contributed by atoms with Gasteiger partial charge in [-0.2, -0.15) is 0 Å². The van der Waals surface area contributed by atoms with Crippen molar-refractivity contribution in [2.45, 2.75) is 0 Å². The zero-order chi connectivity index (χ0) is 13.1. The van der Waals surface area contributed by atoms with Crippen LogP contribution >= 0.6 is 0 Å². The average Bonchev–Trinajstić information content (AvgIpc) is 2.39. The van der Waals surface area contributed by atoms with Crippen LogP contribution in [0.3, 0.4) is 0 Å². The van der Waals surface area contributed by atoms with Crippen molar-refractivity contribution in [1.82, 2.24) is 9.97 Å². The third-order valence-corrected chi connectivity index (χ3v) is 2.37. The third-order valence-electron chi connectivity index (χ3n) is 2.37. The normalized spacial score (nSPS) is 10.1. The fourth-order valence-electron chi connectivity index (χ4n) is 1.48. The first-order chi connectivity index (χ1) is 8.61. The smallest absolute Gasteiger partial charge is 0.344 e. The maximum atomic E-state index is 13.8. The van der Waals surface area contributed by atoms with Gasteiger partial charge >= 0.3 is 11.7 Å². The summed E-state index contributed by atoms with van der Waals surface area (Å²) < 4.78 is 18.3. The Balaban J connectivity index is 2.44. The molecule has 0 spiro atoms. The van der Waals surface area contributed by atoms with Gasteiger partial charge in [-0.15, -0.1) is 0 Å². The van der Waals surface area contributed by atoms with Crippen molar-refractivity contribution in [3.05, 3.63) is 52.5 Å². The number of esters is 1. The van der Waals surface area contributed by atoms with Crippen molar-refractivity contribution in [1.29, 1.82) is 0 Å². The predicted octanol–water partition coefficient (Wildman–Crippen LogP) is 1.36. The summed E-state index contributed by atoms with van der Waals surface area (Å²) in [6.45, 7) is 0.